The lowest BCUT2D eigenvalue weighted by Gasteiger charge is -2.37. The van der Waals surface area contributed by atoms with E-state index in [1.807, 2.05) is 6.07 Å². The van der Waals surface area contributed by atoms with Crippen LogP contribution in [0.4, 0.5) is 0 Å². The zero-order chi connectivity index (χ0) is 11.5. The van der Waals surface area contributed by atoms with Crippen LogP contribution >= 0.6 is 0 Å². The van der Waals surface area contributed by atoms with Crippen LogP contribution in [0.5, 0.6) is 0 Å². The Morgan fingerprint density at radius 1 is 1.31 bits per heavy atom. The van der Waals surface area contributed by atoms with Gasteiger partial charge in [-0.2, -0.15) is 0 Å². The Morgan fingerprint density at radius 3 is 2.62 bits per heavy atom. The summed E-state index contributed by atoms with van der Waals surface area (Å²) in [5.41, 5.74) is 1.34. The highest BCUT2D eigenvalue weighted by molar-refractivity contribution is 5.79. The number of hydrogen-bond donors (Lipinski definition) is 0. The Bertz CT molecular complexity index is 360. The highest BCUT2D eigenvalue weighted by Crippen LogP contribution is 2.26. The van der Waals surface area contributed by atoms with Gasteiger partial charge in [-0.25, -0.2) is 0 Å². The lowest BCUT2D eigenvalue weighted by molar-refractivity contribution is -0.123. The van der Waals surface area contributed by atoms with Crippen LogP contribution in [0.25, 0.3) is 0 Å². The summed E-state index contributed by atoms with van der Waals surface area (Å²) < 4.78 is 0. The molecule has 0 bridgehead atoms. The first-order chi connectivity index (χ1) is 7.68. The van der Waals surface area contributed by atoms with E-state index in [0.717, 1.165) is 6.54 Å². The number of carbonyl (C=O) groups excluding carboxylic acids is 1. The predicted octanol–water partition coefficient (Wildman–Crippen LogP) is 2.80. The van der Waals surface area contributed by atoms with Crippen molar-refractivity contribution in [1.82, 2.24) is 4.90 Å². The van der Waals surface area contributed by atoms with Crippen molar-refractivity contribution in [2.45, 2.75) is 38.8 Å². The molecule has 2 rings (SSSR count). The Hall–Kier alpha value is -1.15. The minimum Gasteiger partial charge on any atom is -0.300 e. The Morgan fingerprint density at radius 2 is 2.00 bits per heavy atom. The Balaban J connectivity index is 2.10. The molecule has 1 aromatic carbocycles. The SMILES string of the molecule is C[C@H](c1ccccc1)N1CCC(=O)C[C@@H]1C. The molecule has 1 heterocycles. The number of ketones is 1. The van der Waals surface area contributed by atoms with Crippen LogP contribution in [0.2, 0.25) is 0 Å². The van der Waals surface area contributed by atoms with Crippen molar-refractivity contribution in [2.24, 2.45) is 0 Å². The second kappa shape index (κ2) is 4.79. The van der Waals surface area contributed by atoms with Gasteiger partial charge in [-0.3, -0.25) is 9.69 Å². The fourth-order valence-electron chi connectivity index (χ4n) is 2.52. The quantitative estimate of drug-likeness (QED) is 0.759. The van der Waals surface area contributed by atoms with E-state index in [1.165, 1.54) is 5.56 Å². The molecule has 0 radical (unpaired) electrons. The molecular formula is C14H19NO. The monoisotopic (exact) mass is 217 g/mol. The van der Waals surface area contributed by atoms with E-state index < -0.39 is 0 Å². The first-order valence-electron chi connectivity index (χ1n) is 6.01. The second-order valence-electron chi connectivity index (χ2n) is 4.67. The topological polar surface area (TPSA) is 20.3 Å². The molecule has 0 N–H and O–H groups in total. The number of likely N-dealkylation sites (tertiary alicyclic amines) is 1. The molecule has 0 aliphatic carbocycles. The standard InChI is InChI=1S/C14H19NO/c1-11-10-14(16)8-9-15(11)12(2)13-6-4-3-5-7-13/h3-7,11-12H,8-10H2,1-2H3/t11-,12+/m0/s1. The molecule has 1 aliphatic rings. The maximum Gasteiger partial charge on any atom is 0.135 e. The molecule has 2 nitrogen and oxygen atoms in total. The van der Waals surface area contributed by atoms with Crippen molar-refractivity contribution in [3.8, 4) is 0 Å². The number of benzene rings is 1. The van der Waals surface area contributed by atoms with Crippen molar-refractivity contribution < 1.29 is 4.79 Å². The van der Waals surface area contributed by atoms with Gasteiger partial charge in [-0.1, -0.05) is 30.3 Å². The second-order valence-corrected chi connectivity index (χ2v) is 4.67. The molecule has 0 saturated carbocycles. The van der Waals surface area contributed by atoms with Crippen LogP contribution in [0.15, 0.2) is 30.3 Å². The highest BCUT2D eigenvalue weighted by Gasteiger charge is 2.27. The third-order valence-electron chi connectivity index (χ3n) is 3.52. The first kappa shape index (κ1) is 11.3. The fourth-order valence-corrected chi connectivity index (χ4v) is 2.52. The van der Waals surface area contributed by atoms with Crippen LogP contribution in [0.1, 0.15) is 38.3 Å². The van der Waals surface area contributed by atoms with Gasteiger partial charge >= 0.3 is 0 Å². The van der Waals surface area contributed by atoms with Gasteiger partial charge in [0.15, 0.2) is 0 Å². The molecule has 0 unspecified atom stereocenters. The van der Waals surface area contributed by atoms with E-state index in [9.17, 15) is 4.79 Å². The molecule has 0 aromatic heterocycles. The summed E-state index contributed by atoms with van der Waals surface area (Å²) in [4.78, 5) is 13.8. The minimum absolute atomic E-state index is 0.372. The van der Waals surface area contributed by atoms with Crippen molar-refractivity contribution in [1.29, 1.82) is 0 Å². The van der Waals surface area contributed by atoms with Crippen LogP contribution in [-0.2, 0) is 4.79 Å². The Kier molecular flexibility index (Phi) is 3.39. The zero-order valence-electron chi connectivity index (χ0n) is 10.0. The van der Waals surface area contributed by atoms with Gasteiger partial charge in [-0.15, -0.1) is 0 Å². The van der Waals surface area contributed by atoms with Gasteiger partial charge in [0.1, 0.15) is 5.78 Å². The maximum atomic E-state index is 11.4. The van der Waals surface area contributed by atoms with Gasteiger partial charge in [0.25, 0.3) is 0 Å². The summed E-state index contributed by atoms with van der Waals surface area (Å²) in [7, 11) is 0. The highest BCUT2D eigenvalue weighted by atomic mass is 16.1. The number of rotatable bonds is 2. The summed E-state index contributed by atoms with van der Waals surface area (Å²) >= 11 is 0. The van der Waals surface area contributed by atoms with Crippen molar-refractivity contribution in [3.05, 3.63) is 35.9 Å². The number of carbonyl (C=O) groups is 1. The molecular weight excluding hydrogens is 198 g/mol. The molecule has 2 heteroatoms. The van der Waals surface area contributed by atoms with E-state index >= 15 is 0 Å². The molecule has 1 aromatic rings. The summed E-state index contributed by atoms with van der Waals surface area (Å²) in [6, 6.07) is 11.3. The molecule has 86 valence electrons. The summed E-state index contributed by atoms with van der Waals surface area (Å²) in [6.07, 6.45) is 1.42. The average molecular weight is 217 g/mol. The van der Waals surface area contributed by atoms with Crippen LogP contribution in [0, 0.1) is 0 Å². The van der Waals surface area contributed by atoms with Crippen molar-refractivity contribution in [2.75, 3.05) is 6.54 Å². The van der Waals surface area contributed by atoms with Crippen molar-refractivity contribution >= 4 is 5.78 Å². The van der Waals surface area contributed by atoms with E-state index in [4.69, 9.17) is 0 Å². The van der Waals surface area contributed by atoms with Crippen LogP contribution < -0.4 is 0 Å². The smallest absolute Gasteiger partial charge is 0.135 e. The van der Waals surface area contributed by atoms with Crippen molar-refractivity contribution in [3.63, 3.8) is 0 Å². The normalized spacial score (nSPS) is 24.4. The fraction of sp³-hybridized carbons (Fsp3) is 0.500. The summed E-state index contributed by atoms with van der Waals surface area (Å²) in [6.45, 7) is 5.27. The number of nitrogens with zero attached hydrogens (tertiary/aromatic N) is 1. The Labute approximate surface area is 97.3 Å². The average Bonchev–Trinajstić information content (AvgIpc) is 2.29. The van der Waals surface area contributed by atoms with E-state index in [0.29, 0.717) is 30.7 Å². The van der Waals surface area contributed by atoms with Gasteiger partial charge in [0, 0.05) is 31.5 Å². The molecule has 1 fully saturated rings. The third kappa shape index (κ3) is 2.33. The number of Topliss-reactive ketones (excluding diaryl/α,β-unsaturated/α-hetero) is 1. The summed E-state index contributed by atoms with van der Waals surface area (Å²) in [5.74, 6) is 0.406. The van der Waals surface area contributed by atoms with E-state index in [2.05, 4.69) is 43.0 Å². The van der Waals surface area contributed by atoms with Gasteiger partial charge < -0.3 is 0 Å². The lowest BCUT2D eigenvalue weighted by Crippen LogP contribution is -2.42. The molecule has 0 amide bonds. The molecule has 0 spiro atoms. The molecule has 16 heavy (non-hydrogen) atoms. The lowest BCUT2D eigenvalue weighted by atomic mass is 9.97. The van der Waals surface area contributed by atoms with E-state index in [1.54, 1.807) is 0 Å². The first-order valence-corrected chi connectivity index (χ1v) is 6.01. The van der Waals surface area contributed by atoms with Gasteiger partial charge in [-0.05, 0) is 19.4 Å². The molecule has 1 saturated heterocycles. The predicted molar refractivity (Wildman–Crippen MR) is 65.3 cm³/mol. The largest absolute Gasteiger partial charge is 0.300 e. The summed E-state index contributed by atoms with van der Waals surface area (Å²) in [5, 5.41) is 0. The number of hydrogen-bond acceptors (Lipinski definition) is 2. The van der Waals surface area contributed by atoms with Crippen LogP contribution in [-0.4, -0.2) is 23.3 Å². The van der Waals surface area contributed by atoms with Crippen LogP contribution in [0.3, 0.4) is 0 Å². The van der Waals surface area contributed by atoms with Gasteiger partial charge in [0.05, 0.1) is 0 Å². The maximum absolute atomic E-state index is 11.4. The van der Waals surface area contributed by atoms with E-state index in [-0.39, 0.29) is 0 Å². The van der Waals surface area contributed by atoms with Gasteiger partial charge in [0.2, 0.25) is 0 Å². The molecule has 2 atom stereocenters. The molecule has 1 aliphatic heterocycles. The number of piperidine rings is 1. The third-order valence-corrected chi connectivity index (χ3v) is 3.52. The minimum atomic E-state index is 0.372. The zero-order valence-corrected chi connectivity index (χ0v) is 10.0.